The number of alkyl halides is 3. The summed E-state index contributed by atoms with van der Waals surface area (Å²) in [6, 6.07) is 4.64. The van der Waals surface area contributed by atoms with Crippen LogP contribution in [0.5, 0.6) is 0 Å². The highest BCUT2D eigenvalue weighted by Crippen LogP contribution is 2.36. The van der Waals surface area contributed by atoms with Crippen LogP contribution in [-0.4, -0.2) is 62.5 Å². The molecule has 3 aromatic heterocycles. The molecule has 2 aliphatic rings. The Kier molecular flexibility index (Phi) is 4.75. The van der Waals surface area contributed by atoms with Gasteiger partial charge in [0.15, 0.2) is 17.0 Å². The third-order valence-corrected chi connectivity index (χ3v) is 6.91. The largest absolute Gasteiger partial charge is 0.433 e. The maximum atomic E-state index is 13.8. The molecule has 2 fully saturated rings. The number of thiophene rings is 1. The molecule has 1 amide bonds. The molecule has 11 heteroatoms. The molecule has 6 nitrogen and oxygen atoms in total. The van der Waals surface area contributed by atoms with E-state index in [4.69, 9.17) is 11.6 Å². The van der Waals surface area contributed by atoms with Gasteiger partial charge in [-0.15, -0.1) is 11.3 Å². The van der Waals surface area contributed by atoms with Gasteiger partial charge in [-0.25, -0.2) is 9.50 Å². The molecule has 0 N–H and O–H groups in total. The van der Waals surface area contributed by atoms with E-state index in [-0.39, 0.29) is 28.1 Å². The predicted octanol–water partition coefficient (Wildman–Crippen LogP) is 4.05. The van der Waals surface area contributed by atoms with Gasteiger partial charge in [0.2, 0.25) is 0 Å². The van der Waals surface area contributed by atoms with Crippen LogP contribution in [0.1, 0.15) is 29.0 Å². The Morgan fingerprint density at radius 2 is 2.10 bits per heavy atom. The summed E-state index contributed by atoms with van der Waals surface area (Å²) in [5, 5.41) is 5.56. The molecule has 0 bridgehead atoms. The third kappa shape index (κ3) is 3.27. The van der Waals surface area contributed by atoms with Gasteiger partial charge in [-0.3, -0.25) is 9.69 Å². The van der Waals surface area contributed by atoms with Gasteiger partial charge in [-0.2, -0.15) is 18.3 Å². The van der Waals surface area contributed by atoms with Crippen LogP contribution < -0.4 is 0 Å². The molecule has 0 unspecified atom stereocenters. The lowest BCUT2D eigenvalue weighted by atomic mass is 10.1. The van der Waals surface area contributed by atoms with E-state index < -0.39 is 17.8 Å². The van der Waals surface area contributed by atoms with Gasteiger partial charge in [0.25, 0.3) is 5.91 Å². The second-order valence-electron chi connectivity index (χ2n) is 7.48. The highest BCUT2D eigenvalue weighted by Gasteiger charge is 2.38. The van der Waals surface area contributed by atoms with Gasteiger partial charge in [0.1, 0.15) is 5.02 Å². The molecule has 0 aromatic carbocycles. The summed E-state index contributed by atoms with van der Waals surface area (Å²) in [4.78, 5) is 21.9. The molecule has 0 spiro atoms. The number of amides is 1. The first-order valence-electron chi connectivity index (χ1n) is 9.56. The molecular weight excluding hydrogens is 439 g/mol. The second kappa shape index (κ2) is 7.21. The van der Waals surface area contributed by atoms with E-state index in [0.717, 1.165) is 32.0 Å². The molecule has 1 atom stereocenters. The molecule has 5 rings (SSSR count). The normalized spacial score (nSPS) is 20.1. The molecule has 0 aliphatic carbocycles. The van der Waals surface area contributed by atoms with Gasteiger partial charge in [-0.05, 0) is 36.9 Å². The summed E-state index contributed by atoms with van der Waals surface area (Å²) < 4.78 is 41.9. The summed E-state index contributed by atoms with van der Waals surface area (Å²) in [7, 11) is 0. The van der Waals surface area contributed by atoms with E-state index in [0.29, 0.717) is 22.5 Å². The lowest BCUT2D eigenvalue weighted by Crippen LogP contribution is -2.52. The van der Waals surface area contributed by atoms with Crippen LogP contribution in [0, 0.1) is 0 Å². The lowest BCUT2D eigenvalue weighted by molar-refractivity contribution is -0.142. The average molecular weight is 456 g/mol. The van der Waals surface area contributed by atoms with Gasteiger partial charge < -0.3 is 4.90 Å². The lowest BCUT2D eigenvalue weighted by Gasteiger charge is -2.37. The van der Waals surface area contributed by atoms with Gasteiger partial charge in [0, 0.05) is 25.7 Å². The number of halogens is 4. The average Bonchev–Trinajstić information content (AvgIpc) is 3.46. The van der Waals surface area contributed by atoms with E-state index in [2.05, 4.69) is 15.0 Å². The zero-order chi connectivity index (χ0) is 21.0. The number of hydrogen-bond donors (Lipinski definition) is 0. The highest BCUT2D eigenvalue weighted by molar-refractivity contribution is 7.13. The molecule has 5 heterocycles. The molecule has 0 saturated carbocycles. The van der Waals surface area contributed by atoms with Crippen LogP contribution in [0.25, 0.3) is 16.2 Å². The number of rotatable bonds is 2. The molecular formula is C19H17ClF3N5OS. The van der Waals surface area contributed by atoms with E-state index in [1.807, 2.05) is 0 Å². The van der Waals surface area contributed by atoms with Crippen molar-refractivity contribution in [2.24, 2.45) is 0 Å². The van der Waals surface area contributed by atoms with Crippen molar-refractivity contribution in [3.63, 3.8) is 0 Å². The number of nitrogens with zero attached hydrogens (tertiary/aromatic N) is 5. The fraction of sp³-hybridized carbons (Fsp3) is 0.421. The predicted molar refractivity (Wildman–Crippen MR) is 107 cm³/mol. The molecule has 3 aromatic rings. The zero-order valence-electron chi connectivity index (χ0n) is 15.7. The standard InChI is InChI=1S/C19H17ClF3N5OS/c20-15-16(18(29)27-7-6-26-5-1-3-11(26)10-27)25-28-14(19(21,22)23)9-12(24-17(15)28)13-4-2-8-30-13/h2,4,8-9,11H,1,3,5-7,10H2/t11-/m1/s1. The monoisotopic (exact) mass is 455 g/mol. The minimum Gasteiger partial charge on any atom is -0.334 e. The van der Waals surface area contributed by atoms with Crippen LogP contribution in [-0.2, 0) is 6.18 Å². The van der Waals surface area contributed by atoms with Crippen LogP contribution >= 0.6 is 22.9 Å². The molecule has 30 heavy (non-hydrogen) atoms. The first-order valence-corrected chi connectivity index (χ1v) is 10.8. The van der Waals surface area contributed by atoms with E-state index in [1.54, 1.807) is 22.4 Å². The SMILES string of the molecule is O=C(c1nn2c(C(F)(F)F)cc(-c3cccs3)nc2c1Cl)N1CCN2CCC[C@@H]2C1. The number of aromatic nitrogens is 3. The Labute approximate surface area is 178 Å². The fourth-order valence-electron chi connectivity index (χ4n) is 4.21. The van der Waals surface area contributed by atoms with Crippen LogP contribution in [0.3, 0.4) is 0 Å². The molecule has 2 aliphatic heterocycles. The Hall–Kier alpha value is -2.17. The number of piperazine rings is 1. The summed E-state index contributed by atoms with van der Waals surface area (Å²) >= 11 is 7.64. The third-order valence-electron chi connectivity index (χ3n) is 5.67. The van der Waals surface area contributed by atoms with Crippen molar-refractivity contribution in [3.8, 4) is 10.6 Å². The van der Waals surface area contributed by atoms with Crippen molar-refractivity contribution >= 4 is 34.5 Å². The van der Waals surface area contributed by atoms with Crippen molar-refractivity contribution in [2.75, 3.05) is 26.2 Å². The summed E-state index contributed by atoms with van der Waals surface area (Å²) in [6.45, 7) is 2.80. The maximum Gasteiger partial charge on any atom is 0.433 e. The number of hydrogen-bond acceptors (Lipinski definition) is 5. The van der Waals surface area contributed by atoms with Crippen molar-refractivity contribution in [3.05, 3.63) is 40.0 Å². The second-order valence-corrected chi connectivity index (χ2v) is 8.81. The summed E-state index contributed by atoms with van der Waals surface area (Å²) in [5.74, 6) is -0.456. The highest BCUT2D eigenvalue weighted by atomic mass is 35.5. The van der Waals surface area contributed by atoms with Gasteiger partial charge in [-0.1, -0.05) is 17.7 Å². The Balaban J connectivity index is 1.58. The van der Waals surface area contributed by atoms with E-state index in [1.165, 1.54) is 11.3 Å². The topological polar surface area (TPSA) is 53.7 Å². The summed E-state index contributed by atoms with van der Waals surface area (Å²) in [6.07, 6.45) is -2.59. The first-order chi connectivity index (χ1) is 14.3. The molecule has 158 valence electrons. The number of fused-ring (bicyclic) bond motifs is 2. The van der Waals surface area contributed by atoms with Crippen molar-refractivity contribution < 1.29 is 18.0 Å². The zero-order valence-corrected chi connectivity index (χ0v) is 17.3. The Morgan fingerprint density at radius 3 is 2.83 bits per heavy atom. The maximum absolute atomic E-state index is 13.8. The van der Waals surface area contributed by atoms with Crippen molar-refractivity contribution in [1.29, 1.82) is 0 Å². The quantitative estimate of drug-likeness (QED) is 0.585. The van der Waals surface area contributed by atoms with Crippen molar-refractivity contribution in [1.82, 2.24) is 24.4 Å². The minimum atomic E-state index is -4.68. The van der Waals surface area contributed by atoms with E-state index in [9.17, 15) is 18.0 Å². The van der Waals surface area contributed by atoms with Crippen LogP contribution in [0.4, 0.5) is 13.2 Å². The minimum absolute atomic E-state index is 0.144. The molecule has 2 saturated heterocycles. The van der Waals surface area contributed by atoms with Gasteiger partial charge >= 0.3 is 6.18 Å². The smallest absolute Gasteiger partial charge is 0.334 e. The van der Waals surface area contributed by atoms with Gasteiger partial charge in [0.05, 0.1) is 10.6 Å². The van der Waals surface area contributed by atoms with Crippen LogP contribution in [0.15, 0.2) is 23.6 Å². The number of carbonyl (C=O) groups is 1. The van der Waals surface area contributed by atoms with Crippen LogP contribution in [0.2, 0.25) is 5.02 Å². The Bertz CT molecular complexity index is 1110. The Morgan fingerprint density at radius 1 is 1.27 bits per heavy atom. The van der Waals surface area contributed by atoms with Crippen molar-refractivity contribution in [2.45, 2.75) is 25.1 Å². The fourth-order valence-corrected chi connectivity index (χ4v) is 5.13. The number of carbonyl (C=O) groups excluding carboxylic acids is 1. The van der Waals surface area contributed by atoms with E-state index >= 15 is 0 Å². The summed E-state index contributed by atoms with van der Waals surface area (Å²) in [5.41, 5.74) is -1.23. The first kappa shape index (κ1) is 19.8. The molecule has 0 radical (unpaired) electrons.